The van der Waals surface area contributed by atoms with Gasteiger partial charge in [-0.15, -0.1) is 11.8 Å². The number of benzene rings is 1. The lowest BCUT2D eigenvalue weighted by molar-refractivity contribution is -0.154. The summed E-state index contributed by atoms with van der Waals surface area (Å²) in [5, 5.41) is 0. The van der Waals surface area contributed by atoms with Gasteiger partial charge in [0.15, 0.2) is 0 Å². The summed E-state index contributed by atoms with van der Waals surface area (Å²) in [4.78, 5) is 25.6. The molecule has 0 bridgehead atoms. The van der Waals surface area contributed by atoms with E-state index in [9.17, 15) is 9.59 Å². The average Bonchev–Trinajstić information content (AvgIpc) is 2.56. The van der Waals surface area contributed by atoms with Gasteiger partial charge in [-0.1, -0.05) is 37.3 Å². The lowest BCUT2D eigenvalue weighted by atomic mass is 10.00. The van der Waals surface area contributed by atoms with E-state index in [4.69, 9.17) is 4.74 Å². The minimum atomic E-state index is -0.493. The van der Waals surface area contributed by atoms with Crippen molar-refractivity contribution in [3.05, 3.63) is 35.9 Å². The van der Waals surface area contributed by atoms with Crippen molar-refractivity contribution in [2.75, 3.05) is 7.05 Å². The van der Waals surface area contributed by atoms with Crippen LogP contribution in [-0.2, 0) is 14.3 Å². The number of nitrogens with zero attached hydrogens (tertiary/aromatic N) is 1. The number of amides is 1. The monoisotopic (exact) mass is 315 g/mol. The maximum absolute atomic E-state index is 12.5. The maximum atomic E-state index is 12.5. The molecule has 0 aromatic heterocycles. The van der Waals surface area contributed by atoms with Crippen LogP contribution in [0.4, 0.5) is 0 Å². The van der Waals surface area contributed by atoms with Crippen molar-refractivity contribution in [2.45, 2.75) is 46.3 Å². The van der Waals surface area contributed by atoms with Gasteiger partial charge in [0.1, 0.15) is 6.10 Å². The van der Waals surface area contributed by atoms with Crippen LogP contribution in [0.3, 0.4) is 0 Å². The second-order valence-electron chi connectivity index (χ2n) is 5.66. The zero-order valence-corrected chi connectivity index (χ0v) is 14.5. The molecule has 1 amide bonds. The van der Waals surface area contributed by atoms with Crippen molar-refractivity contribution in [1.29, 1.82) is 0 Å². The number of rotatable bonds is 6. The molecule has 124 valence electrons. The van der Waals surface area contributed by atoms with Crippen molar-refractivity contribution in [3.63, 3.8) is 0 Å². The molecule has 0 aliphatic rings. The number of carbonyl (C=O) groups excluding carboxylic acids is 2. The predicted octanol–water partition coefficient (Wildman–Crippen LogP) is 3.19. The molecular formula is C19H25NO3. The van der Waals surface area contributed by atoms with Crippen LogP contribution in [0.2, 0.25) is 0 Å². The zero-order chi connectivity index (χ0) is 17.4. The average molecular weight is 315 g/mol. The normalized spacial score (nSPS) is 14.0. The highest BCUT2D eigenvalue weighted by Gasteiger charge is 2.30. The molecule has 0 heterocycles. The van der Waals surface area contributed by atoms with E-state index in [0.29, 0.717) is 6.42 Å². The standard InChI is InChI=1S/C19H25NO3/c1-6-7-11-14(2)19(22)20(5)15(3)18(23-16(4)21)17-12-9-8-10-13-17/h8-10,12-15,18H,11H2,1-5H3/t14-,15+,18-/m0/s1. The van der Waals surface area contributed by atoms with E-state index < -0.39 is 6.10 Å². The van der Waals surface area contributed by atoms with Crippen LogP contribution >= 0.6 is 0 Å². The summed E-state index contributed by atoms with van der Waals surface area (Å²) in [5.74, 6) is 5.18. The van der Waals surface area contributed by atoms with Crippen LogP contribution in [0.15, 0.2) is 30.3 Å². The van der Waals surface area contributed by atoms with Crippen molar-refractivity contribution in [1.82, 2.24) is 4.90 Å². The summed E-state index contributed by atoms with van der Waals surface area (Å²) >= 11 is 0. The fourth-order valence-electron chi connectivity index (χ4n) is 2.36. The number of ether oxygens (including phenoxy) is 1. The van der Waals surface area contributed by atoms with E-state index in [0.717, 1.165) is 5.56 Å². The fourth-order valence-corrected chi connectivity index (χ4v) is 2.36. The molecule has 0 aliphatic carbocycles. The molecule has 4 heteroatoms. The molecule has 1 aromatic carbocycles. The molecule has 23 heavy (non-hydrogen) atoms. The van der Waals surface area contributed by atoms with Gasteiger partial charge in [-0.3, -0.25) is 9.59 Å². The van der Waals surface area contributed by atoms with E-state index in [1.165, 1.54) is 6.92 Å². The van der Waals surface area contributed by atoms with E-state index in [1.54, 1.807) is 18.9 Å². The van der Waals surface area contributed by atoms with Crippen LogP contribution in [0.1, 0.15) is 45.8 Å². The summed E-state index contributed by atoms with van der Waals surface area (Å²) in [5.41, 5.74) is 0.871. The largest absolute Gasteiger partial charge is 0.455 e. The molecular weight excluding hydrogens is 290 g/mol. The van der Waals surface area contributed by atoms with Crippen molar-refractivity contribution in [3.8, 4) is 11.8 Å². The number of esters is 1. The molecule has 0 spiro atoms. The van der Waals surface area contributed by atoms with Gasteiger partial charge >= 0.3 is 5.97 Å². The van der Waals surface area contributed by atoms with Crippen LogP contribution < -0.4 is 0 Å². The molecule has 0 unspecified atom stereocenters. The van der Waals surface area contributed by atoms with Gasteiger partial charge in [0.25, 0.3) is 0 Å². The fraction of sp³-hybridized carbons (Fsp3) is 0.474. The third kappa shape index (κ3) is 5.45. The van der Waals surface area contributed by atoms with Gasteiger partial charge in [-0.2, -0.15) is 0 Å². The quantitative estimate of drug-likeness (QED) is 0.598. The first-order valence-electron chi connectivity index (χ1n) is 7.76. The van der Waals surface area contributed by atoms with Crippen molar-refractivity contribution < 1.29 is 14.3 Å². The summed E-state index contributed by atoms with van der Waals surface area (Å²) in [7, 11) is 1.74. The Morgan fingerprint density at radius 2 is 1.83 bits per heavy atom. The molecule has 0 radical (unpaired) electrons. The van der Waals surface area contributed by atoms with Crippen molar-refractivity contribution in [2.24, 2.45) is 5.92 Å². The Morgan fingerprint density at radius 3 is 2.35 bits per heavy atom. The number of hydrogen-bond acceptors (Lipinski definition) is 3. The Balaban J connectivity index is 2.94. The lowest BCUT2D eigenvalue weighted by Gasteiger charge is -2.33. The Morgan fingerprint density at radius 1 is 1.22 bits per heavy atom. The van der Waals surface area contributed by atoms with E-state index in [-0.39, 0.29) is 23.8 Å². The SMILES string of the molecule is CC#CC[C@H](C)C(=O)N(C)[C@H](C)[C@H](OC(C)=O)c1ccccc1. The summed E-state index contributed by atoms with van der Waals surface area (Å²) in [6.07, 6.45) is 0.0304. The van der Waals surface area contributed by atoms with E-state index in [1.807, 2.05) is 44.2 Å². The maximum Gasteiger partial charge on any atom is 0.303 e. The van der Waals surface area contributed by atoms with E-state index >= 15 is 0 Å². The first-order chi connectivity index (χ1) is 10.9. The molecule has 0 saturated carbocycles. The third-order valence-corrected chi connectivity index (χ3v) is 3.82. The van der Waals surface area contributed by atoms with Gasteiger partial charge in [0, 0.05) is 26.3 Å². The first kappa shape index (κ1) is 18.8. The van der Waals surface area contributed by atoms with Crippen molar-refractivity contribution >= 4 is 11.9 Å². The van der Waals surface area contributed by atoms with Crippen LogP contribution in [-0.4, -0.2) is 29.9 Å². The summed E-state index contributed by atoms with van der Waals surface area (Å²) < 4.78 is 5.47. The molecule has 1 aromatic rings. The molecule has 0 N–H and O–H groups in total. The summed E-state index contributed by atoms with van der Waals surface area (Å²) in [6, 6.07) is 9.20. The van der Waals surface area contributed by atoms with Gasteiger partial charge in [0.05, 0.1) is 6.04 Å². The van der Waals surface area contributed by atoms with Crippen LogP contribution in [0.25, 0.3) is 0 Å². The topological polar surface area (TPSA) is 46.6 Å². The zero-order valence-electron chi connectivity index (χ0n) is 14.5. The number of carbonyl (C=O) groups is 2. The smallest absolute Gasteiger partial charge is 0.303 e. The molecule has 0 fully saturated rings. The highest BCUT2D eigenvalue weighted by Crippen LogP contribution is 2.25. The second kappa shape index (κ2) is 8.99. The minimum Gasteiger partial charge on any atom is -0.455 e. The molecule has 4 nitrogen and oxygen atoms in total. The predicted molar refractivity (Wildman–Crippen MR) is 90.4 cm³/mol. The molecule has 3 atom stereocenters. The van der Waals surface area contributed by atoms with E-state index in [2.05, 4.69) is 11.8 Å². The number of likely N-dealkylation sites (N-methyl/N-ethyl adjacent to an activating group) is 1. The van der Waals surface area contributed by atoms with Gasteiger partial charge < -0.3 is 9.64 Å². The Kier molecular flexibility index (Phi) is 7.34. The third-order valence-electron chi connectivity index (χ3n) is 3.82. The highest BCUT2D eigenvalue weighted by atomic mass is 16.5. The highest BCUT2D eigenvalue weighted by molar-refractivity contribution is 5.79. The Bertz CT molecular complexity index is 586. The molecule has 0 aliphatic heterocycles. The lowest BCUT2D eigenvalue weighted by Crippen LogP contribution is -2.42. The van der Waals surface area contributed by atoms with Crippen LogP contribution in [0.5, 0.6) is 0 Å². The Labute approximate surface area is 138 Å². The first-order valence-corrected chi connectivity index (χ1v) is 7.76. The van der Waals surface area contributed by atoms with Gasteiger partial charge in [-0.05, 0) is 19.4 Å². The number of hydrogen-bond donors (Lipinski definition) is 0. The summed E-state index contributed by atoms with van der Waals surface area (Å²) in [6.45, 7) is 6.88. The van der Waals surface area contributed by atoms with Gasteiger partial charge in [-0.25, -0.2) is 0 Å². The molecule has 0 saturated heterocycles. The minimum absolute atomic E-state index is 0.00617. The second-order valence-corrected chi connectivity index (χ2v) is 5.66. The Hall–Kier alpha value is -2.28. The molecule has 1 rings (SSSR count). The van der Waals surface area contributed by atoms with Gasteiger partial charge in [0.2, 0.25) is 5.91 Å². The van der Waals surface area contributed by atoms with Crippen LogP contribution in [0, 0.1) is 17.8 Å².